The van der Waals surface area contributed by atoms with Crippen molar-refractivity contribution in [2.75, 3.05) is 25.0 Å². The molecule has 152 valence electrons. The molecular weight excluding hydrogens is 360 g/mol. The van der Waals surface area contributed by atoms with E-state index < -0.39 is 30.1 Å². The molecule has 3 atom stereocenters. The zero-order valence-corrected chi connectivity index (χ0v) is 16.2. The summed E-state index contributed by atoms with van der Waals surface area (Å²) in [6, 6.07) is 7.01. The minimum absolute atomic E-state index is 0.410. The van der Waals surface area contributed by atoms with Gasteiger partial charge in [0.1, 0.15) is 0 Å². The maximum atomic E-state index is 12.3. The summed E-state index contributed by atoms with van der Waals surface area (Å²) < 4.78 is 0. The van der Waals surface area contributed by atoms with E-state index in [0.717, 1.165) is 24.1 Å². The SMILES string of the molecule is C[C@@H](NC(=O)[C@H](O)[C@@H](O)C(=O)N1CCCC1)c1ccc(N(C)/C=C\C=N)cc1. The van der Waals surface area contributed by atoms with Gasteiger partial charge in [-0.15, -0.1) is 0 Å². The summed E-state index contributed by atoms with van der Waals surface area (Å²) in [5.74, 6) is -1.40. The van der Waals surface area contributed by atoms with Crippen LogP contribution in [0.2, 0.25) is 0 Å². The van der Waals surface area contributed by atoms with Crippen LogP contribution in [0.25, 0.3) is 0 Å². The van der Waals surface area contributed by atoms with Crippen molar-refractivity contribution in [3.8, 4) is 0 Å². The van der Waals surface area contributed by atoms with Gasteiger partial charge in [-0.25, -0.2) is 0 Å². The van der Waals surface area contributed by atoms with Crippen LogP contribution in [0.15, 0.2) is 36.5 Å². The second-order valence-electron chi connectivity index (χ2n) is 6.86. The molecule has 0 aromatic heterocycles. The van der Waals surface area contributed by atoms with Gasteiger partial charge in [0.05, 0.1) is 6.04 Å². The quantitative estimate of drug-likeness (QED) is 0.492. The number of carbonyl (C=O) groups is 2. The van der Waals surface area contributed by atoms with E-state index in [1.54, 1.807) is 19.2 Å². The second-order valence-corrected chi connectivity index (χ2v) is 6.86. The third-order valence-corrected chi connectivity index (χ3v) is 4.80. The lowest BCUT2D eigenvalue weighted by Crippen LogP contribution is -2.50. The molecule has 28 heavy (non-hydrogen) atoms. The van der Waals surface area contributed by atoms with Crippen molar-refractivity contribution in [1.82, 2.24) is 10.2 Å². The summed E-state index contributed by atoms with van der Waals surface area (Å²) in [7, 11) is 1.86. The Kier molecular flexibility index (Phi) is 7.71. The van der Waals surface area contributed by atoms with Gasteiger partial charge in [0.2, 0.25) is 0 Å². The third-order valence-electron chi connectivity index (χ3n) is 4.80. The number of aliphatic hydroxyl groups is 2. The normalized spacial score (nSPS) is 17.2. The van der Waals surface area contributed by atoms with E-state index in [0.29, 0.717) is 13.1 Å². The maximum absolute atomic E-state index is 12.3. The topological polar surface area (TPSA) is 117 Å². The maximum Gasteiger partial charge on any atom is 0.254 e. The van der Waals surface area contributed by atoms with E-state index in [9.17, 15) is 19.8 Å². The van der Waals surface area contributed by atoms with E-state index in [4.69, 9.17) is 5.41 Å². The predicted molar refractivity (Wildman–Crippen MR) is 107 cm³/mol. The minimum Gasteiger partial charge on any atom is -0.380 e. The van der Waals surface area contributed by atoms with Crippen LogP contribution in [0, 0.1) is 5.41 Å². The zero-order valence-electron chi connectivity index (χ0n) is 16.2. The van der Waals surface area contributed by atoms with E-state index in [-0.39, 0.29) is 0 Å². The number of amides is 2. The van der Waals surface area contributed by atoms with Gasteiger partial charge < -0.3 is 30.7 Å². The van der Waals surface area contributed by atoms with Crippen LogP contribution in [-0.2, 0) is 9.59 Å². The standard InChI is InChI=1S/C20H28N4O4/c1-14(15-6-8-16(9-7-15)23(2)11-5-10-21)22-19(27)17(25)18(26)20(28)24-12-3-4-13-24/h5-11,14,17-18,21,25-26H,3-4,12-13H2,1-2H3,(H,22,27)/b11-5-,21-10?/t14-,17-,18-/m1/s1. The van der Waals surface area contributed by atoms with Crippen molar-refractivity contribution in [1.29, 1.82) is 5.41 Å². The highest BCUT2D eigenvalue weighted by Crippen LogP contribution is 2.19. The van der Waals surface area contributed by atoms with Gasteiger partial charge in [-0.2, -0.15) is 0 Å². The van der Waals surface area contributed by atoms with Crippen LogP contribution in [0.3, 0.4) is 0 Å². The van der Waals surface area contributed by atoms with Gasteiger partial charge in [0.25, 0.3) is 11.8 Å². The zero-order chi connectivity index (χ0) is 20.7. The van der Waals surface area contributed by atoms with Gasteiger partial charge in [-0.05, 0) is 43.5 Å². The lowest BCUT2D eigenvalue weighted by Gasteiger charge is -2.24. The van der Waals surface area contributed by atoms with E-state index in [1.165, 1.54) is 11.1 Å². The number of nitrogens with one attached hydrogen (secondary N) is 2. The Morgan fingerprint density at radius 2 is 1.79 bits per heavy atom. The highest BCUT2D eigenvalue weighted by Gasteiger charge is 2.34. The molecule has 1 aromatic rings. The number of aliphatic hydroxyl groups excluding tert-OH is 2. The fourth-order valence-electron chi connectivity index (χ4n) is 3.04. The number of nitrogens with zero attached hydrogens (tertiary/aromatic N) is 2. The number of allylic oxidation sites excluding steroid dienone is 1. The number of hydrogen-bond donors (Lipinski definition) is 4. The predicted octanol–water partition coefficient (Wildman–Crippen LogP) is 0.807. The van der Waals surface area contributed by atoms with Crippen LogP contribution in [0.4, 0.5) is 5.69 Å². The van der Waals surface area contributed by atoms with Crippen molar-refractivity contribution < 1.29 is 19.8 Å². The largest absolute Gasteiger partial charge is 0.380 e. The molecule has 1 aromatic carbocycles. The van der Waals surface area contributed by atoms with Crippen molar-refractivity contribution in [2.24, 2.45) is 0 Å². The molecule has 1 fully saturated rings. The van der Waals surface area contributed by atoms with Crippen molar-refractivity contribution in [3.63, 3.8) is 0 Å². The molecule has 4 N–H and O–H groups in total. The average molecular weight is 388 g/mol. The van der Waals surface area contributed by atoms with Gasteiger partial charge in [0, 0.05) is 38.2 Å². The molecule has 0 spiro atoms. The average Bonchev–Trinajstić information content (AvgIpc) is 3.25. The van der Waals surface area contributed by atoms with Crippen LogP contribution in [-0.4, -0.2) is 65.5 Å². The molecule has 2 rings (SSSR count). The fraction of sp³-hybridized carbons (Fsp3) is 0.450. The smallest absolute Gasteiger partial charge is 0.254 e. The summed E-state index contributed by atoms with van der Waals surface area (Å²) >= 11 is 0. The van der Waals surface area contributed by atoms with Gasteiger partial charge in [-0.1, -0.05) is 12.1 Å². The minimum atomic E-state index is -1.81. The molecule has 1 saturated heterocycles. The lowest BCUT2D eigenvalue weighted by molar-refractivity contribution is -0.152. The Morgan fingerprint density at radius 3 is 2.36 bits per heavy atom. The van der Waals surface area contributed by atoms with Crippen molar-refractivity contribution >= 4 is 23.7 Å². The van der Waals surface area contributed by atoms with Gasteiger partial charge >= 0.3 is 0 Å². The molecule has 0 radical (unpaired) electrons. The molecule has 0 bridgehead atoms. The summed E-state index contributed by atoms with van der Waals surface area (Å²) in [6.07, 6.45) is 2.70. The number of benzene rings is 1. The van der Waals surface area contributed by atoms with E-state index >= 15 is 0 Å². The van der Waals surface area contributed by atoms with E-state index in [1.807, 2.05) is 36.2 Å². The Bertz CT molecular complexity index is 713. The summed E-state index contributed by atoms with van der Waals surface area (Å²) in [6.45, 7) is 2.83. The summed E-state index contributed by atoms with van der Waals surface area (Å²) in [5, 5.41) is 29.8. The fourth-order valence-corrected chi connectivity index (χ4v) is 3.04. The molecule has 0 saturated carbocycles. The monoisotopic (exact) mass is 388 g/mol. The number of anilines is 1. The third kappa shape index (κ3) is 5.40. The first-order chi connectivity index (χ1) is 13.3. The highest BCUT2D eigenvalue weighted by atomic mass is 16.3. The second kappa shape index (κ2) is 10.0. The Balaban J connectivity index is 1.94. The van der Waals surface area contributed by atoms with Gasteiger partial charge in [0.15, 0.2) is 12.2 Å². The Hall–Kier alpha value is -2.71. The first-order valence-electron chi connectivity index (χ1n) is 9.30. The van der Waals surface area contributed by atoms with Crippen molar-refractivity contribution in [2.45, 2.75) is 38.0 Å². The Labute approximate surface area is 165 Å². The number of rotatable bonds is 8. The number of carbonyl (C=O) groups excluding carboxylic acids is 2. The summed E-state index contributed by atoms with van der Waals surface area (Å²) in [4.78, 5) is 27.7. The molecule has 1 heterocycles. The Morgan fingerprint density at radius 1 is 1.18 bits per heavy atom. The molecule has 1 aliphatic heterocycles. The van der Waals surface area contributed by atoms with Crippen LogP contribution in [0.5, 0.6) is 0 Å². The highest BCUT2D eigenvalue weighted by molar-refractivity contribution is 5.91. The van der Waals surface area contributed by atoms with Crippen LogP contribution in [0.1, 0.15) is 31.4 Å². The van der Waals surface area contributed by atoms with Crippen LogP contribution < -0.4 is 10.2 Å². The molecular formula is C20H28N4O4. The number of likely N-dealkylation sites (tertiary alicyclic amines) is 1. The number of hydrogen-bond acceptors (Lipinski definition) is 6. The molecule has 0 aliphatic carbocycles. The van der Waals surface area contributed by atoms with Crippen LogP contribution >= 0.6 is 0 Å². The molecule has 8 nitrogen and oxygen atoms in total. The molecule has 8 heteroatoms. The molecule has 1 aliphatic rings. The molecule has 2 amide bonds. The van der Waals surface area contributed by atoms with Crippen molar-refractivity contribution in [3.05, 3.63) is 42.1 Å². The lowest BCUT2D eigenvalue weighted by atomic mass is 10.1. The van der Waals surface area contributed by atoms with E-state index in [2.05, 4.69) is 5.32 Å². The van der Waals surface area contributed by atoms with Gasteiger partial charge in [-0.3, -0.25) is 9.59 Å². The summed E-state index contributed by atoms with van der Waals surface area (Å²) in [5.41, 5.74) is 1.72. The molecule has 0 unspecified atom stereocenters. The first kappa shape index (κ1) is 21.6. The first-order valence-corrected chi connectivity index (χ1v) is 9.30.